The highest BCUT2D eigenvalue weighted by atomic mass is 16.1. The van der Waals surface area contributed by atoms with Crippen molar-refractivity contribution in [3.05, 3.63) is 35.4 Å². The van der Waals surface area contributed by atoms with Gasteiger partial charge in [-0.05, 0) is 24.0 Å². The second-order valence-electron chi connectivity index (χ2n) is 4.53. The number of carbonyl (C=O) groups excluding carboxylic acids is 1. The third-order valence-corrected chi connectivity index (χ3v) is 3.32. The topological polar surface area (TPSA) is 17.1 Å². The number of hydrogen-bond donors (Lipinski definition) is 0. The predicted molar refractivity (Wildman–Crippen MR) is 68.6 cm³/mol. The van der Waals surface area contributed by atoms with E-state index in [1.165, 1.54) is 11.1 Å². The van der Waals surface area contributed by atoms with Crippen molar-refractivity contribution < 1.29 is 4.79 Å². The lowest BCUT2D eigenvalue weighted by Gasteiger charge is -2.11. The van der Waals surface area contributed by atoms with Crippen LogP contribution >= 0.6 is 0 Å². The highest BCUT2D eigenvalue weighted by Crippen LogP contribution is 2.16. The lowest BCUT2D eigenvalue weighted by atomic mass is 9.93. The highest BCUT2D eigenvalue weighted by molar-refractivity contribution is 5.81. The molecular formula is C15H22O. The van der Waals surface area contributed by atoms with Gasteiger partial charge in [0.1, 0.15) is 5.78 Å². The fraction of sp³-hybridized carbons (Fsp3) is 0.533. The zero-order valence-corrected chi connectivity index (χ0v) is 10.6. The van der Waals surface area contributed by atoms with E-state index in [-0.39, 0.29) is 0 Å². The van der Waals surface area contributed by atoms with Gasteiger partial charge in [0.25, 0.3) is 0 Å². The second kappa shape index (κ2) is 6.47. The van der Waals surface area contributed by atoms with E-state index in [1.807, 2.05) is 12.1 Å². The monoisotopic (exact) mass is 218 g/mol. The van der Waals surface area contributed by atoms with Gasteiger partial charge in [0.2, 0.25) is 0 Å². The lowest BCUT2D eigenvalue weighted by molar-refractivity contribution is -0.119. The fourth-order valence-corrected chi connectivity index (χ4v) is 1.99. The molecule has 0 saturated heterocycles. The molecule has 1 aromatic rings. The smallest absolute Gasteiger partial charge is 0.137 e. The summed E-state index contributed by atoms with van der Waals surface area (Å²) in [4.78, 5) is 11.9. The molecule has 0 heterocycles. The quantitative estimate of drug-likeness (QED) is 0.707. The summed E-state index contributed by atoms with van der Waals surface area (Å²) in [6, 6.07) is 8.15. The zero-order chi connectivity index (χ0) is 12.0. The number of carbonyl (C=O) groups is 1. The Labute approximate surface area is 98.9 Å². The van der Waals surface area contributed by atoms with Crippen LogP contribution < -0.4 is 0 Å². The molecule has 0 radical (unpaired) electrons. The van der Waals surface area contributed by atoms with Crippen molar-refractivity contribution in [1.82, 2.24) is 0 Å². The Morgan fingerprint density at radius 2 is 1.81 bits per heavy atom. The van der Waals surface area contributed by atoms with Gasteiger partial charge in [0.05, 0.1) is 0 Å². The maximum atomic E-state index is 11.9. The Bertz CT molecular complexity index is 337. The summed E-state index contributed by atoms with van der Waals surface area (Å²) in [5.74, 6) is 0.944. The van der Waals surface area contributed by atoms with E-state index < -0.39 is 0 Å². The summed E-state index contributed by atoms with van der Waals surface area (Å²) < 4.78 is 0. The lowest BCUT2D eigenvalue weighted by Crippen LogP contribution is -2.10. The third kappa shape index (κ3) is 3.80. The standard InChI is InChI=1S/C15H22O/c1-4-13(5-2)10-15(16)11-14-9-7-6-8-12(14)3/h6-9,13H,4-5,10-11H2,1-3H3. The molecule has 16 heavy (non-hydrogen) atoms. The van der Waals surface area contributed by atoms with E-state index in [1.54, 1.807) is 0 Å². The van der Waals surface area contributed by atoms with Gasteiger partial charge in [-0.1, -0.05) is 51.0 Å². The molecule has 1 rings (SSSR count). The van der Waals surface area contributed by atoms with Crippen molar-refractivity contribution in [1.29, 1.82) is 0 Å². The van der Waals surface area contributed by atoms with Crippen LogP contribution in [-0.4, -0.2) is 5.78 Å². The zero-order valence-electron chi connectivity index (χ0n) is 10.6. The summed E-state index contributed by atoms with van der Waals surface area (Å²) in [6.45, 7) is 6.39. The minimum atomic E-state index is 0.378. The number of hydrogen-bond acceptors (Lipinski definition) is 1. The molecule has 0 aromatic heterocycles. The second-order valence-corrected chi connectivity index (χ2v) is 4.53. The first kappa shape index (κ1) is 13.0. The first-order chi connectivity index (χ1) is 7.67. The first-order valence-corrected chi connectivity index (χ1v) is 6.23. The van der Waals surface area contributed by atoms with Crippen LogP contribution in [0.3, 0.4) is 0 Å². The Morgan fingerprint density at radius 1 is 1.19 bits per heavy atom. The van der Waals surface area contributed by atoms with Crippen molar-refractivity contribution in [2.75, 3.05) is 0 Å². The average Bonchev–Trinajstić information content (AvgIpc) is 2.29. The van der Waals surface area contributed by atoms with Gasteiger partial charge in [-0.2, -0.15) is 0 Å². The Hall–Kier alpha value is -1.11. The molecule has 0 bridgehead atoms. The van der Waals surface area contributed by atoms with Crippen LogP contribution in [0.5, 0.6) is 0 Å². The Balaban J connectivity index is 2.55. The van der Waals surface area contributed by atoms with E-state index in [9.17, 15) is 4.79 Å². The third-order valence-electron chi connectivity index (χ3n) is 3.32. The number of aryl methyl sites for hydroxylation is 1. The molecule has 0 spiro atoms. The van der Waals surface area contributed by atoms with Crippen LogP contribution in [-0.2, 0) is 11.2 Å². The number of Topliss-reactive ketones (excluding diaryl/α,β-unsaturated/α-hetero) is 1. The van der Waals surface area contributed by atoms with Crippen molar-refractivity contribution in [3.63, 3.8) is 0 Å². The molecule has 0 aliphatic heterocycles. The summed E-state index contributed by atoms with van der Waals surface area (Å²) >= 11 is 0. The maximum absolute atomic E-state index is 11.9. The van der Waals surface area contributed by atoms with E-state index >= 15 is 0 Å². The number of rotatable bonds is 6. The minimum absolute atomic E-state index is 0.378. The van der Waals surface area contributed by atoms with Crippen LogP contribution in [0.15, 0.2) is 24.3 Å². The minimum Gasteiger partial charge on any atom is -0.299 e. The van der Waals surface area contributed by atoms with Gasteiger partial charge < -0.3 is 0 Å². The van der Waals surface area contributed by atoms with Crippen molar-refractivity contribution >= 4 is 5.78 Å². The van der Waals surface area contributed by atoms with Gasteiger partial charge in [-0.15, -0.1) is 0 Å². The van der Waals surface area contributed by atoms with Crippen LogP contribution in [0.4, 0.5) is 0 Å². The summed E-state index contributed by atoms with van der Waals surface area (Å²) in [5, 5.41) is 0. The van der Waals surface area contributed by atoms with Crippen molar-refractivity contribution in [3.8, 4) is 0 Å². The molecule has 0 atom stereocenters. The molecule has 88 valence electrons. The summed E-state index contributed by atoms with van der Waals surface area (Å²) in [7, 11) is 0. The Morgan fingerprint density at radius 3 is 2.38 bits per heavy atom. The van der Waals surface area contributed by atoms with Crippen molar-refractivity contribution in [2.45, 2.75) is 46.5 Å². The van der Waals surface area contributed by atoms with Gasteiger partial charge in [-0.3, -0.25) is 4.79 Å². The average molecular weight is 218 g/mol. The normalized spacial score (nSPS) is 10.8. The fourth-order valence-electron chi connectivity index (χ4n) is 1.99. The molecule has 0 saturated carbocycles. The largest absolute Gasteiger partial charge is 0.299 e. The maximum Gasteiger partial charge on any atom is 0.137 e. The van der Waals surface area contributed by atoms with Crippen LogP contribution in [0, 0.1) is 12.8 Å². The van der Waals surface area contributed by atoms with Gasteiger partial charge in [0.15, 0.2) is 0 Å². The van der Waals surface area contributed by atoms with E-state index in [4.69, 9.17) is 0 Å². The molecule has 0 amide bonds. The van der Waals surface area contributed by atoms with E-state index in [2.05, 4.69) is 32.9 Å². The van der Waals surface area contributed by atoms with Gasteiger partial charge >= 0.3 is 0 Å². The number of benzene rings is 1. The molecule has 0 fully saturated rings. The SMILES string of the molecule is CCC(CC)CC(=O)Cc1ccccc1C. The summed E-state index contributed by atoms with van der Waals surface area (Å²) in [6.07, 6.45) is 3.55. The van der Waals surface area contributed by atoms with E-state index in [0.717, 1.165) is 19.3 Å². The van der Waals surface area contributed by atoms with Crippen LogP contribution in [0.2, 0.25) is 0 Å². The number of ketones is 1. The van der Waals surface area contributed by atoms with E-state index in [0.29, 0.717) is 18.1 Å². The molecule has 0 aliphatic carbocycles. The first-order valence-electron chi connectivity index (χ1n) is 6.23. The molecule has 1 heteroatoms. The highest BCUT2D eigenvalue weighted by Gasteiger charge is 2.11. The summed E-state index contributed by atoms with van der Waals surface area (Å²) in [5.41, 5.74) is 2.40. The molecule has 0 aliphatic rings. The molecule has 1 nitrogen and oxygen atoms in total. The van der Waals surface area contributed by atoms with Crippen molar-refractivity contribution in [2.24, 2.45) is 5.92 Å². The van der Waals surface area contributed by atoms with Crippen LogP contribution in [0.25, 0.3) is 0 Å². The van der Waals surface area contributed by atoms with Gasteiger partial charge in [-0.25, -0.2) is 0 Å². The van der Waals surface area contributed by atoms with Crippen LogP contribution in [0.1, 0.15) is 44.2 Å². The van der Waals surface area contributed by atoms with Gasteiger partial charge in [0, 0.05) is 12.8 Å². The Kier molecular flexibility index (Phi) is 5.24. The molecular weight excluding hydrogens is 196 g/mol. The molecule has 0 N–H and O–H groups in total. The molecule has 0 unspecified atom stereocenters. The predicted octanol–water partition coefficient (Wildman–Crippen LogP) is 3.93. The molecule has 1 aromatic carbocycles.